The van der Waals surface area contributed by atoms with Gasteiger partial charge in [-0.05, 0) is 18.2 Å². The first-order chi connectivity index (χ1) is 8.75. The van der Waals surface area contributed by atoms with Gasteiger partial charge in [0.25, 0.3) is 0 Å². The Balaban J connectivity index is 2.10. The molecule has 0 aliphatic heterocycles. The summed E-state index contributed by atoms with van der Waals surface area (Å²) in [6.07, 6.45) is 3.42. The van der Waals surface area contributed by atoms with Gasteiger partial charge in [-0.2, -0.15) is 0 Å². The van der Waals surface area contributed by atoms with Crippen molar-refractivity contribution >= 4 is 11.7 Å². The average Bonchev–Trinajstić information content (AvgIpc) is 2.88. The summed E-state index contributed by atoms with van der Waals surface area (Å²) in [5.74, 6) is -0.789. The third-order valence-electron chi connectivity index (χ3n) is 2.67. The predicted molar refractivity (Wildman–Crippen MR) is 68.5 cm³/mol. The molecule has 4 heteroatoms. The van der Waals surface area contributed by atoms with Crippen molar-refractivity contribution in [2.24, 2.45) is 0 Å². The summed E-state index contributed by atoms with van der Waals surface area (Å²) < 4.78 is 5.03. The van der Waals surface area contributed by atoms with Crippen LogP contribution in [-0.2, 0) is 11.3 Å². The third-order valence-corrected chi connectivity index (χ3v) is 2.67. The number of nitrogens with zero attached hydrogens (tertiary/aromatic N) is 1. The van der Waals surface area contributed by atoms with Crippen molar-refractivity contribution in [3.63, 3.8) is 0 Å². The summed E-state index contributed by atoms with van der Waals surface area (Å²) >= 11 is 0. The number of rotatable bonds is 6. The molecule has 0 amide bonds. The third kappa shape index (κ3) is 3.38. The molecule has 2 rings (SSSR count). The van der Waals surface area contributed by atoms with Gasteiger partial charge in [0.2, 0.25) is 0 Å². The Morgan fingerprint density at radius 3 is 2.61 bits per heavy atom. The van der Waals surface area contributed by atoms with E-state index in [0.717, 1.165) is 11.3 Å². The Bertz CT molecular complexity index is 479. The Morgan fingerprint density at radius 2 is 2.00 bits per heavy atom. The lowest BCUT2D eigenvalue weighted by molar-refractivity contribution is -0.136. The standard InChI is InChI=1S/C14H15NO3/c16-14(17)6-8-15(10-12-7-9-18-11-12)13-4-2-1-3-5-13/h1-5,7,9,11H,6,8,10H2,(H,16,17). The second kappa shape index (κ2) is 5.91. The van der Waals surface area contributed by atoms with Crippen LogP contribution in [-0.4, -0.2) is 17.6 Å². The highest BCUT2D eigenvalue weighted by Gasteiger charge is 2.09. The highest BCUT2D eigenvalue weighted by Crippen LogP contribution is 2.17. The van der Waals surface area contributed by atoms with Crippen LogP contribution in [0.3, 0.4) is 0 Å². The van der Waals surface area contributed by atoms with Crippen LogP contribution in [0.2, 0.25) is 0 Å². The normalized spacial score (nSPS) is 10.2. The molecule has 4 nitrogen and oxygen atoms in total. The molecule has 2 aromatic rings. The first-order valence-electron chi connectivity index (χ1n) is 5.78. The van der Waals surface area contributed by atoms with Gasteiger partial charge in [-0.15, -0.1) is 0 Å². The van der Waals surface area contributed by atoms with Gasteiger partial charge in [0.1, 0.15) is 0 Å². The maximum atomic E-state index is 10.7. The lowest BCUT2D eigenvalue weighted by Crippen LogP contribution is -2.25. The lowest BCUT2D eigenvalue weighted by Gasteiger charge is -2.23. The minimum absolute atomic E-state index is 0.118. The monoisotopic (exact) mass is 245 g/mol. The summed E-state index contributed by atoms with van der Waals surface area (Å²) in [4.78, 5) is 12.7. The summed E-state index contributed by atoms with van der Waals surface area (Å²) in [7, 11) is 0. The number of hydrogen-bond acceptors (Lipinski definition) is 3. The van der Waals surface area contributed by atoms with E-state index in [1.807, 2.05) is 41.3 Å². The molecule has 1 aromatic carbocycles. The summed E-state index contributed by atoms with van der Waals surface area (Å²) in [6, 6.07) is 11.7. The van der Waals surface area contributed by atoms with E-state index in [4.69, 9.17) is 9.52 Å². The zero-order valence-corrected chi connectivity index (χ0v) is 9.95. The van der Waals surface area contributed by atoms with E-state index in [1.165, 1.54) is 0 Å². The van der Waals surface area contributed by atoms with Crippen LogP contribution < -0.4 is 4.90 Å². The fraction of sp³-hybridized carbons (Fsp3) is 0.214. The van der Waals surface area contributed by atoms with E-state index < -0.39 is 5.97 Å². The molecule has 0 radical (unpaired) electrons. The largest absolute Gasteiger partial charge is 0.481 e. The van der Waals surface area contributed by atoms with Crippen LogP contribution in [0, 0.1) is 0 Å². The van der Waals surface area contributed by atoms with Gasteiger partial charge >= 0.3 is 5.97 Å². The molecule has 0 bridgehead atoms. The van der Waals surface area contributed by atoms with Crippen molar-refractivity contribution in [2.45, 2.75) is 13.0 Å². The average molecular weight is 245 g/mol. The molecule has 1 heterocycles. The van der Waals surface area contributed by atoms with E-state index in [0.29, 0.717) is 13.1 Å². The molecule has 0 saturated heterocycles. The van der Waals surface area contributed by atoms with Gasteiger partial charge in [-0.3, -0.25) is 4.79 Å². The van der Waals surface area contributed by atoms with Crippen LogP contribution in [0.25, 0.3) is 0 Å². The van der Waals surface area contributed by atoms with Gasteiger partial charge in [0.05, 0.1) is 18.9 Å². The topological polar surface area (TPSA) is 53.7 Å². The van der Waals surface area contributed by atoms with Gasteiger partial charge in [-0.1, -0.05) is 18.2 Å². The van der Waals surface area contributed by atoms with Gasteiger partial charge in [-0.25, -0.2) is 0 Å². The van der Waals surface area contributed by atoms with Crippen molar-refractivity contribution < 1.29 is 14.3 Å². The molecule has 0 atom stereocenters. The molecule has 0 fully saturated rings. The van der Waals surface area contributed by atoms with Crippen LogP contribution in [0.1, 0.15) is 12.0 Å². The van der Waals surface area contributed by atoms with Crippen LogP contribution >= 0.6 is 0 Å². The maximum absolute atomic E-state index is 10.7. The Kier molecular flexibility index (Phi) is 4.02. The molecular formula is C14H15NO3. The lowest BCUT2D eigenvalue weighted by atomic mass is 10.2. The van der Waals surface area contributed by atoms with Crippen molar-refractivity contribution in [3.05, 3.63) is 54.5 Å². The van der Waals surface area contributed by atoms with E-state index in [-0.39, 0.29) is 6.42 Å². The Labute approximate surface area is 105 Å². The molecule has 1 aromatic heterocycles. The highest BCUT2D eigenvalue weighted by molar-refractivity contribution is 5.67. The molecule has 0 aliphatic rings. The number of furan rings is 1. The number of hydrogen-bond donors (Lipinski definition) is 1. The van der Waals surface area contributed by atoms with Crippen molar-refractivity contribution in [1.29, 1.82) is 0 Å². The molecule has 18 heavy (non-hydrogen) atoms. The Hall–Kier alpha value is -2.23. The van der Waals surface area contributed by atoms with Crippen molar-refractivity contribution in [1.82, 2.24) is 0 Å². The number of aliphatic carboxylic acids is 1. The SMILES string of the molecule is O=C(O)CCN(Cc1ccoc1)c1ccccc1. The molecule has 0 spiro atoms. The van der Waals surface area contributed by atoms with Crippen LogP contribution in [0.4, 0.5) is 5.69 Å². The highest BCUT2D eigenvalue weighted by atomic mass is 16.4. The first-order valence-corrected chi connectivity index (χ1v) is 5.78. The summed E-state index contributed by atoms with van der Waals surface area (Å²) in [6.45, 7) is 1.12. The number of anilines is 1. The number of benzene rings is 1. The summed E-state index contributed by atoms with van der Waals surface area (Å²) in [5, 5.41) is 8.79. The van der Waals surface area contributed by atoms with Crippen LogP contribution in [0.5, 0.6) is 0 Å². The maximum Gasteiger partial charge on any atom is 0.305 e. The Morgan fingerprint density at radius 1 is 1.22 bits per heavy atom. The molecule has 0 unspecified atom stereocenters. The van der Waals surface area contributed by atoms with Crippen molar-refractivity contribution in [2.75, 3.05) is 11.4 Å². The summed E-state index contributed by atoms with van der Waals surface area (Å²) in [5.41, 5.74) is 2.05. The van der Waals surface area contributed by atoms with Gasteiger partial charge in [0, 0.05) is 24.3 Å². The molecule has 0 aliphatic carbocycles. The van der Waals surface area contributed by atoms with Gasteiger partial charge < -0.3 is 14.4 Å². The number of carboxylic acids is 1. The number of carboxylic acid groups (broad SMARTS) is 1. The van der Waals surface area contributed by atoms with Crippen LogP contribution in [0.15, 0.2) is 53.3 Å². The smallest absolute Gasteiger partial charge is 0.305 e. The fourth-order valence-corrected chi connectivity index (χ4v) is 1.77. The zero-order chi connectivity index (χ0) is 12.8. The van der Waals surface area contributed by atoms with Crippen molar-refractivity contribution in [3.8, 4) is 0 Å². The number of para-hydroxylation sites is 1. The minimum Gasteiger partial charge on any atom is -0.481 e. The number of carbonyl (C=O) groups is 1. The van der Waals surface area contributed by atoms with E-state index >= 15 is 0 Å². The quantitative estimate of drug-likeness (QED) is 0.850. The first kappa shape index (κ1) is 12.2. The van der Waals surface area contributed by atoms with E-state index in [9.17, 15) is 4.79 Å². The minimum atomic E-state index is -0.789. The second-order valence-electron chi connectivity index (χ2n) is 4.03. The second-order valence-corrected chi connectivity index (χ2v) is 4.03. The van der Waals surface area contributed by atoms with Gasteiger partial charge in [0.15, 0.2) is 0 Å². The molecular weight excluding hydrogens is 230 g/mol. The van der Waals surface area contributed by atoms with E-state index in [2.05, 4.69) is 0 Å². The molecule has 0 saturated carbocycles. The molecule has 94 valence electrons. The predicted octanol–water partition coefficient (Wildman–Crippen LogP) is 2.76. The van der Waals surface area contributed by atoms with E-state index in [1.54, 1.807) is 12.5 Å². The molecule has 1 N–H and O–H groups in total. The zero-order valence-electron chi connectivity index (χ0n) is 9.95. The fourth-order valence-electron chi connectivity index (χ4n) is 1.77.